The van der Waals surface area contributed by atoms with E-state index in [1.54, 1.807) is 19.1 Å². The Hall–Kier alpha value is -4.95. The van der Waals surface area contributed by atoms with E-state index in [0.29, 0.717) is 63.3 Å². The van der Waals surface area contributed by atoms with E-state index < -0.39 is 59.9 Å². The first-order valence-corrected chi connectivity index (χ1v) is 23.2. The number of hydrogen-bond donors (Lipinski definition) is 9. The standard InChI is InChI=1S/C43H66N8O11S/c1-4-61-42(59)37-36(62-37)41(58)48-30(22-25(2)3)40(57)51-39(56)29(23-26-16-18-27(52)19-17-26)45-20-10-5-6-15-34(54)47-28(38(44)55)12-9-11-21-46-33(53)14-8-7-13-32-35-31(24-63-32)49-43(60)50-35/h16-19,25,28-32,35-37,45,52H,4-15,20-24H2,1-3H3,(H2,44,55)(H,46,53)(H,47,54)(H,48,58)(H2,49,50,60)(H,51,56,57)/t28-,29-,30-,31-,32-,35-,36-,37-/m0/s1. The number of carbonyl (C=O) groups excluding carboxylic acids is 8. The molecule has 0 unspecified atom stereocenters. The third-order valence-electron chi connectivity index (χ3n) is 11.0. The number of ether oxygens (including phenoxy) is 2. The van der Waals surface area contributed by atoms with Crippen LogP contribution in [0.2, 0.25) is 0 Å². The third-order valence-corrected chi connectivity index (χ3v) is 12.5. The van der Waals surface area contributed by atoms with Crippen LogP contribution in [0.15, 0.2) is 24.3 Å². The number of fused-ring (bicyclic) bond motifs is 1. The maximum atomic E-state index is 13.5. The fourth-order valence-corrected chi connectivity index (χ4v) is 9.12. The largest absolute Gasteiger partial charge is 0.508 e. The molecule has 0 radical (unpaired) electrons. The van der Waals surface area contributed by atoms with Gasteiger partial charge in [-0.3, -0.25) is 34.1 Å². The van der Waals surface area contributed by atoms with E-state index in [1.165, 1.54) is 12.1 Å². The number of esters is 1. The number of imide groups is 1. The number of nitrogens with two attached hydrogens (primary N) is 1. The molecule has 63 heavy (non-hydrogen) atoms. The van der Waals surface area contributed by atoms with Gasteiger partial charge in [0.1, 0.15) is 17.8 Å². The second kappa shape index (κ2) is 26.0. The molecule has 19 nitrogen and oxygen atoms in total. The van der Waals surface area contributed by atoms with Crippen molar-refractivity contribution in [1.82, 2.24) is 37.2 Å². The maximum absolute atomic E-state index is 13.5. The van der Waals surface area contributed by atoms with Gasteiger partial charge in [0, 0.05) is 30.4 Å². The number of unbranched alkanes of at least 4 members (excludes halogenated alkanes) is 4. The van der Waals surface area contributed by atoms with Crippen LogP contribution < -0.4 is 43.0 Å². The van der Waals surface area contributed by atoms with Crippen molar-refractivity contribution in [2.75, 3.05) is 25.4 Å². The van der Waals surface area contributed by atoms with Crippen molar-refractivity contribution in [3.63, 3.8) is 0 Å². The topological polar surface area (TPSA) is 289 Å². The molecule has 4 rings (SSSR count). The highest BCUT2D eigenvalue weighted by Gasteiger charge is 2.52. The Morgan fingerprint density at radius 2 is 1.56 bits per heavy atom. The molecule has 0 bridgehead atoms. The number of primary amides is 1. The summed E-state index contributed by atoms with van der Waals surface area (Å²) in [5, 5.41) is 29.9. The normalized spacial score (nSPS) is 21.2. The highest BCUT2D eigenvalue weighted by molar-refractivity contribution is 8.00. The van der Waals surface area contributed by atoms with Gasteiger partial charge in [0.2, 0.25) is 29.5 Å². The van der Waals surface area contributed by atoms with Gasteiger partial charge in [0.25, 0.3) is 5.91 Å². The van der Waals surface area contributed by atoms with Crippen molar-refractivity contribution in [3.8, 4) is 5.75 Å². The lowest BCUT2D eigenvalue weighted by molar-refractivity contribution is -0.144. The molecule has 350 valence electrons. The summed E-state index contributed by atoms with van der Waals surface area (Å²) in [4.78, 5) is 100. The molecule has 20 heteroatoms. The molecule has 3 fully saturated rings. The summed E-state index contributed by atoms with van der Waals surface area (Å²) < 4.78 is 10.1. The average Bonchev–Trinajstić information content (AvgIpc) is 3.84. The molecule has 1 aromatic rings. The zero-order valence-corrected chi connectivity index (χ0v) is 37.4. The van der Waals surface area contributed by atoms with Crippen LogP contribution in [0.1, 0.15) is 103 Å². The summed E-state index contributed by atoms with van der Waals surface area (Å²) >= 11 is 1.86. The van der Waals surface area contributed by atoms with Crippen LogP contribution in [0.4, 0.5) is 4.79 Å². The molecule has 1 aromatic carbocycles. The van der Waals surface area contributed by atoms with Crippen LogP contribution in [0, 0.1) is 5.92 Å². The number of amides is 8. The van der Waals surface area contributed by atoms with E-state index in [9.17, 15) is 43.5 Å². The molecule has 10 N–H and O–H groups in total. The number of carbonyl (C=O) groups is 8. The van der Waals surface area contributed by atoms with E-state index in [1.807, 2.05) is 25.6 Å². The lowest BCUT2D eigenvalue weighted by Crippen LogP contribution is -2.54. The van der Waals surface area contributed by atoms with Gasteiger partial charge in [-0.2, -0.15) is 11.8 Å². The van der Waals surface area contributed by atoms with Gasteiger partial charge in [-0.15, -0.1) is 0 Å². The minimum atomic E-state index is -1.08. The quantitative estimate of drug-likeness (QED) is 0.0235. The minimum Gasteiger partial charge on any atom is -0.508 e. The Kier molecular flexibility index (Phi) is 20.9. The maximum Gasteiger partial charge on any atom is 0.338 e. The summed E-state index contributed by atoms with van der Waals surface area (Å²) in [6.45, 7) is 6.30. The summed E-state index contributed by atoms with van der Waals surface area (Å²) in [7, 11) is 0. The van der Waals surface area contributed by atoms with Gasteiger partial charge >= 0.3 is 12.0 Å². The van der Waals surface area contributed by atoms with E-state index in [-0.39, 0.29) is 67.5 Å². The number of phenolic OH excluding ortho intramolecular Hbond substituents is 1. The Labute approximate surface area is 373 Å². The molecule has 3 aliphatic rings. The Balaban J connectivity index is 1.12. The molecule has 0 aliphatic carbocycles. The lowest BCUT2D eigenvalue weighted by atomic mass is 10.0. The van der Waals surface area contributed by atoms with Gasteiger partial charge in [0.15, 0.2) is 12.2 Å². The van der Waals surface area contributed by atoms with Gasteiger partial charge in [-0.1, -0.05) is 38.8 Å². The predicted octanol–water partition coefficient (Wildman–Crippen LogP) is 0.940. The van der Waals surface area contributed by atoms with E-state index in [2.05, 4.69) is 37.2 Å². The Morgan fingerprint density at radius 1 is 0.857 bits per heavy atom. The van der Waals surface area contributed by atoms with Crippen LogP contribution in [0.5, 0.6) is 5.75 Å². The number of phenols is 1. The van der Waals surface area contributed by atoms with E-state index in [0.717, 1.165) is 30.6 Å². The number of hydrogen-bond acceptors (Lipinski definition) is 13. The molecular weight excluding hydrogens is 837 g/mol. The monoisotopic (exact) mass is 902 g/mol. The second-order valence-electron chi connectivity index (χ2n) is 16.7. The molecule has 0 saturated carbocycles. The van der Waals surface area contributed by atoms with Gasteiger partial charge in [-0.05, 0) is 94.9 Å². The van der Waals surface area contributed by atoms with Crippen molar-refractivity contribution in [2.45, 2.75) is 152 Å². The lowest BCUT2D eigenvalue weighted by Gasteiger charge is -2.22. The fraction of sp³-hybridized carbons (Fsp3) is 0.674. The van der Waals surface area contributed by atoms with Crippen LogP contribution in [0.3, 0.4) is 0 Å². The van der Waals surface area contributed by atoms with Gasteiger partial charge in [0.05, 0.1) is 24.7 Å². The molecular formula is C43H66N8O11S. The molecule has 0 aromatic heterocycles. The van der Waals surface area contributed by atoms with Gasteiger partial charge < -0.3 is 52.2 Å². The first kappa shape index (κ1) is 50.7. The van der Waals surface area contributed by atoms with Crippen molar-refractivity contribution in [3.05, 3.63) is 29.8 Å². The summed E-state index contributed by atoms with van der Waals surface area (Å²) in [5.41, 5.74) is 6.29. The highest BCUT2D eigenvalue weighted by atomic mass is 32.2. The number of nitrogens with one attached hydrogen (secondary N) is 7. The number of benzene rings is 1. The first-order chi connectivity index (χ1) is 30.1. The van der Waals surface area contributed by atoms with Crippen LogP contribution in [-0.2, 0) is 49.5 Å². The van der Waals surface area contributed by atoms with Crippen LogP contribution >= 0.6 is 11.8 Å². The average molecular weight is 903 g/mol. The van der Waals surface area contributed by atoms with Crippen molar-refractivity contribution in [2.24, 2.45) is 11.7 Å². The molecule has 0 spiro atoms. The molecule has 8 amide bonds. The number of thioether (sulfide) groups is 1. The highest BCUT2D eigenvalue weighted by Crippen LogP contribution is 2.33. The summed E-state index contributed by atoms with van der Waals surface area (Å²) in [5.74, 6) is -2.70. The molecule has 3 aliphatic heterocycles. The molecule has 3 saturated heterocycles. The van der Waals surface area contributed by atoms with Crippen molar-refractivity contribution >= 4 is 59.2 Å². The Morgan fingerprint density at radius 3 is 2.27 bits per heavy atom. The van der Waals surface area contributed by atoms with Crippen LogP contribution in [0.25, 0.3) is 0 Å². The summed E-state index contributed by atoms with van der Waals surface area (Å²) in [6, 6.07) is 3.79. The predicted molar refractivity (Wildman–Crippen MR) is 234 cm³/mol. The van der Waals surface area contributed by atoms with E-state index in [4.69, 9.17) is 15.2 Å². The van der Waals surface area contributed by atoms with E-state index >= 15 is 0 Å². The SMILES string of the molecule is CCOC(=O)[C@H]1O[C@@H]1C(=O)N[C@@H](CC(C)C)C(=O)NC(=O)[C@H](Cc1ccc(O)cc1)NCCCCCC(=O)N[C@@H](CCCCNC(=O)CCCC[C@@H]1SC[C@@H]2NC(=O)N[C@@H]21)C(N)=O. The van der Waals surface area contributed by atoms with Crippen molar-refractivity contribution < 1.29 is 52.9 Å². The zero-order chi connectivity index (χ0) is 45.9. The fourth-order valence-electron chi connectivity index (χ4n) is 7.57. The minimum absolute atomic E-state index is 0.0300. The number of urea groups is 1. The number of aromatic hydroxyl groups is 1. The molecule has 8 atom stereocenters. The number of epoxide rings is 1. The first-order valence-electron chi connectivity index (χ1n) is 22.2. The third kappa shape index (κ3) is 17.6. The Bertz CT molecular complexity index is 1730. The van der Waals surface area contributed by atoms with Crippen LogP contribution in [-0.4, -0.2) is 126 Å². The molecule has 3 heterocycles. The van der Waals surface area contributed by atoms with Crippen molar-refractivity contribution in [1.29, 1.82) is 0 Å². The second-order valence-corrected chi connectivity index (χ2v) is 18.0. The number of rotatable bonds is 29. The smallest absolute Gasteiger partial charge is 0.338 e. The zero-order valence-electron chi connectivity index (χ0n) is 36.5. The van der Waals surface area contributed by atoms with Gasteiger partial charge in [-0.25, -0.2) is 9.59 Å². The summed E-state index contributed by atoms with van der Waals surface area (Å²) in [6.07, 6.45) is 4.70.